The number of rotatable bonds is 6. The molecule has 0 N–H and O–H groups in total. The van der Waals surface area contributed by atoms with E-state index >= 15 is 0 Å². The summed E-state index contributed by atoms with van der Waals surface area (Å²) < 4.78 is 20.5. The Morgan fingerprint density at radius 1 is 1.00 bits per heavy atom. The van der Waals surface area contributed by atoms with Crippen molar-refractivity contribution >= 4 is 17.8 Å². The smallest absolute Gasteiger partial charge is 0.342 e. The Kier molecular flexibility index (Phi) is 6.38. The molecule has 0 spiro atoms. The minimum Gasteiger partial charge on any atom is -0.497 e. The molecule has 9 nitrogen and oxygen atoms in total. The number of carbonyl (C=O) groups is 3. The number of furan rings is 1. The number of nitrogens with zero attached hydrogens (tertiary/aromatic N) is 2. The van der Waals surface area contributed by atoms with Gasteiger partial charge in [0.15, 0.2) is 12.4 Å². The Morgan fingerprint density at radius 3 is 2.34 bits per heavy atom. The zero-order chi connectivity index (χ0) is 20.8. The van der Waals surface area contributed by atoms with Crippen LogP contribution in [0.1, 0.15) is 20.9 Å². The first-order valence-corrected chi connectivity index (χ1v) is 9.03. The van der Waals surface area contributed by atoms with Crippen LogP contribution in [0.5, 0.6) is 11.5 Å². The molecular formula is C20H22N2O7. The summed E-state index contributed by atoms with van der Waals surface area (Å²) in [5.41, 5.74) is 0.204. The van der Waals surface area contributed by atoms with E-state index in [1.807, 2.05) is 0 Å². The molecule has 154 valence electrons. The Morgan fingerprint density at radius 2 is 1.72 bits per heavy atom. The van der Waals surface area contributed by atoms with E-state index in [1.165, 1.54) is 26.5 Å². The molecule has 3 rings (SSSR count). The zero-order valence-corrected chi connectivity index (χ0v) is 16.3. The van der Waals surface area contributed by atoms with Crippen LogP contribution < -0.4 is 9.47 Å². The van der Waals surface area contributed by atoms with Crippen LogP contribution >= 0.6 is 0 Å². The van der Waals surface area contributed by atoms with Crippen LogP contribution in [0.4, 0.5) is 0 Å². The van der Waals surface area contributed by atoms with Crippen molar-refractivity contribution in [1.82, 2.24) is 9.80 Å². The van der Waals surface area contributed by atoms with Gasteiger partial charge in [0, 0.05) is 32.2 Å². The van der Waals surface area contributed by atoms with Crippen LogP contribution in [0, 0.1) is 0 Å². The van der Waals surface area contributed by atoms with Gasteiger partial charge in [-0.25, -0.2) is 4.79 Å². The van der Waals surface area contributed by atoms with E-state index in [1.54, 1.807) is 34.1 Å². The topological polar surface area (TPSA) is 98.5 Å². The fourth-order valence-electron chi connectivity index (χ4n) is 2.98. The number of carbonyl (C=O) groups excluding carboxylic acids is 3. The molecular weight excluding hydrogens is 380 g/mol. The van der Waals surface area contributed by atoms with Gasteiger partial charge in [0.2, 0.25) is 0 Å². The van der Waals surface area contributed by atoms with Crippen molar-refractivity contribution in [2.24, 2.45) is 0 Å². The fourth-order valence-corrected chi connectivity index (χ4v) is 2.98. The molecule has 0 aliphatic carbocycles. The van der Waals surface area contributed by atoms with Crippen molar-refractivity contribution in [3.63, 3.8) is 0 Å². The highest BCUT2D eigenvalue weighted by atomic mass is 16.5. The van der Waals surface area contributed by atoms with Crippen LogP contribution in [-0.4, -0.2) is 74.6 Å². The minimum absolute atomic E-state index is 0.204. The zero-order valence-electron chi connectivity index (χ0n) is 16.3. The Bertz CT molecular complexity index is 871. The lowest BCUT2D eigenvalue weighted by Crippen LogP contribution is -2.51. The van der Waals surface area contributed by atoms with Crippen LogP contribution in [0.25, 0.3) is 0 Å². The molecule has 0 bridgehead atoms. The van der Waals surface area contributed by atoms with Crippen molar-refractivity contribution in [1.29, 1.82) is 0 Å². The summed E-state index contributed by atoms with van der Waals surface area (Å²) in [6.45, 7) is 1.08. The van der Waals surface area contributed by atoms with Gasteiger partial charge < -0.3 is 28.4 Å². The standard InChI is InChI=1S/C20H22N2O7/c1-26-14-5-6-15(17(12-14)27-2)20(25)29-13-18(23)21-7-9-22(10-8-21)19(24)16-4-3-11-28-16/h3-6,11-12H,7-10,13H2,1-2H3. The second kappa shape index (κ2) is 9.13. The number of methoxy groups -OCH3 is 2. The van der Waals surface area contributed by atoms with E-state index in [4.69, 9.17) is 18.6 Å². The maximum atomic E-state index is 12.4. The fraction of sp³-hybridized carbons (Fsp3) is 0.350. The SMILES string of the molecule is COc1ccc(C(=O)OCC(=O)N2CCN(C(=O)c3ccco3)CC2)c(OC)c1. The third-order valence-electron chi connectivity index (χ3n) is 4.61. The highest BCUT2D eigenvalue weighted by molar-refractivity contribution is 5.94. The molecule has 1 fully saturated rings. The van der Waals surface area contributed by atoms with Crippen LogP contribution in [-0.2, 0) is 9.53 Å². The maximum absolute atomic E-state index is 12.4. The normalized spacial score (nSPS) is 13.7. The first kappa shape index (κ1) is 20.2. The van der Waals surface area contributed by atoms with Gasteiger partial charge in [-0.15, -0.1) is 0 Å². The van der Waals surface area contributed by atoms with E-state index in [-0.39, 0.29) is 29.7 Å². The quantitative estimate of drug-likeness (QED) is 0.674. The second-order valence-electron chi connectivity index (χ2n) is 6.29. The monoisotopic (exact) mass is 402 g/mol. The molecule has 0 saturated carbocycles. The molecule has 2 heterocycles. The first-order chi connectivity index (χ1) is 14.0. The number of esters is 1. The third-order valence-corrected chi connectivity index (χ3v) is 4.61. The lowest BCUT2D eigenvalue weighted by molar-refractivity contribution is -0.136. The summed E-state index contributed by atoms with van der Waals surface area (Å²) in [6, 6.07) is 7.94. The van der Waals surface area contributed by atoms with Crippen molar-refractivity contribution < 1.29 is 33.0 Å². The second-order valence-corrected chi connectivity index (χ2v) is 6.29. The third kappa shape index (κ3) is 4.68. The van der Waals surface area contributed by atoms with Gasteiger partial charge in [0.1, 0.15) is 17.1 Å². The lowest BCUT2D eigenvalue weighted by atomic mass is 10.2. The number of piperazine rings is 1. The average Bonchev–Trinajstić information content (AvgIpc) is 3.31. The van der Waals surface area contributed by atoms with E-state index in [9.17, 15) is 14.4 Å². The van der Waals surface area contributed by atoms with Crippen LogP contribution in [0.2, 0.25) is 0 Å². The highest BCUT2D eigenvalue weighted by Crippen LogP contribution is 2.25. The Labute approximate surface area is 167 Å². The summed E-state index contributed by atoms with van der Waals surface area (Å²) in [4.78, 5) is 40.1. The lowest BCUT2D eigenvalue weighted by Gasteiger charge is -2.34. The van der Waals surface area contributed by atoms with Gasteiger partial charge >= 0.3 is 5.97 Å². The number of benzene rings is 1. The van der Waals surface area contributed by atoms with E-state index in [2.05, 4.69) is 0 Å². The van der Waals surface area contributed by atoms with E-state index in [0.29, 0.717) is 37.7 Å². The number of ether oxygens (including phenoxy) is 3. The molecule has 2 aromatic rings. The summed E-state index contributed by atoms with van der Waals surface area (Å²) in [7, 11) is 2.94. The van der Waals surface area contributed by atoms with Crippen LogP contribution in [0.15, 0.2) is 41.0 Å². The van der Waals surface area contributed by atoms with Gasteiger partial charge in [0.25, 0.3) is 11.8 Å². The van der Waals surface area contributed by atoms with Gasteiger partial charge in [-0.3, -0.25) is 9.59 Å². The van der Waals surface area contributed by atoms with Crippen molar-refractivity contribution in [2.75, 3.05) is 47.0 Å². The maximum Gasteiger partial charge on any atom is 0.342 e. The molecule has 0 radical (unpaired) electrons. The summed E-state index contributed by atoms with van der Waals surface area (Å²) in [5, 5.41) is 0. The van der Waals surface area contributed by atoms with Crippen molar-refractivity contribution in [2.45, 2.75) is 0 Å². The average molecular weight is 402 g/mol. The summed E-state index contributed by atoms with van der Waals surface area (Å²) in [6.07, 6.45) is 1.44. The highest BCUT2D eigenvalue weighted by Gasteiger charge is 2.27. The molecule has 1 aromatic carbocycles. The summed E-state index contributed by atoms with van der Waals surface area (Å²) in [5.74, 6) is -0.0871. The number of hydrogen-bond acceptors (Lipinski definition) is 7. The molecule has 0 atom stereocenters. The number of amides is 2. The Hall–Kier alpha value is -3.49. The molecule has 1 aromatic heterocycles. The van der Waals surface area contributed by atoms with Crippen molar-refractivity contribution in [3.8, 4) is 11.5 Å². The summed E-state index contributed by atoms with van der Waals surface area (Å²) >= 11 is 0. The first-order valence-electron chi connectivity index (χ1n) is 9.03. The van der Waals surface area contributed by atoms with Crippen molar-refractivity contribution in [3.05, 3.63) is 47.9 Å². The van der Waals surface area contributed by atoms with Crippen LogP contribution in [0.3, 0.4) is 0 Å². The number of hydrogen-bond donors (Lipinski definition) is 0. The molecule has 2 amide bonds. The van der Waals surface area contributed by atoms with Gasteiger partial charge in [-0.2, -0.15) is 0 Å². The molecule has 0 unspecified atom stereocenters. The van der Waals surface area contributed by atoms with E-state index in [0.717, 1.165) is 0 Å². The van der Waals surface area contributed by atoms with Gasteiger partial charge in [-0.1, -0.05) is 0 Å². The molecule has 9 heteroatoms. The molecule has 1 saturated heterocycles. The van der Waals surface area contributed by atoms with Gasteiger partial charge in [-0.05, 0) is 24.3 Å². The Balaban J connectivity index is 1.50. The van der Waals surface area contributed by atoms with E-state index < -0.39 is 5.97 Å². The molecule has 29 heavy (non-hydrogen) atoms. The predicted molar refractivity (Wildman–Crippen MR) is 101 cm³/mol. The minimum atomic E-state index is -0.663. The molecule has 1 aliphatic rings. The molecule has 1 aliphatic heterocycles. The predicted octanol–water partition coefficient (Wildman–Crippen LogP) is 1.44. The largest absolute Gasteiger partial charge is 0.497 e. The van der Waals surface area contributed by atoms with Gasteiger partial charge in [0.05, 0.1) is 20.5 Å².